The summed E-state index contributed by atoms with van der Waals surface area (Å²) >= 11 is 5.98. The molecular formula is C21H24ClFN6O2. The van der Waals surface area contributed by atoms with E-state index < -0.39 is 17.7 Å². The minimum atomic E-state index is -1.60. The van der Waals surface area contributed by atoms with Crippen molar-refractivity contribution in [1.82, 2.24) is 24.9 Å². The molecule has 3 heterocycles. The molecule has 8 nitrogen and oxygen atoms in total. The summed E-state index contributed by atoms with van der Waals surface area (Å²) in [5.41, 5.74) is 1.12. The highest BCUT2D eigenvalue weighted by Gasteiger charge is 2.38. The summed E-state index contributed by atoms with van der Waals surface area (Å²) in [6.07, 6.45) is 6.63. The van der Waals surface area contributed by atoms with E-state index in [0.717, 1.165) is 12.8 Å². The number of nitrogens with one attached hydrogen (secondary N) is 2. The van der Waals surface area contributed by atoms with Crippen LogP contribution in [0.2, 0.25) is 5.02 Å². The van der Waals surface area contributed by atoms with Crippen LogP contribution in [0.4, 0.5) is 10.1 Å². The molecule has 0 spiro atoms. The average molecular weight is 447 g/mol. The number of nitrogens with zero attached hydrogens (tertiary/aromatic N) is 4. The SMILES string of the molecule is CC1(Nc2cc(-c3cnn4cc(Cl)cnc34)ncc2C(=O)NCC(F)C(C)(C)O)CC1. The normalized spacial score (nSPS) is 16.2. The van der Waals surface area contributed by atoms with Crippen molar-refractivity contribution >= 4 is 28.8 Å². The van der Waals surface area contributed by atoms with Crippen molar-refractivity contribution in [2.45, 2.75) is 50.9 Å². The van der Waals surface area contributed by atoms with E-state index in [1.807, 2.05) is 0 Å². The first kappa shape index (κ1) is 21.5. The van der Waals surface area contributed by atoms with Crippen LogP contribution in [0.1, 0.15) is 44.0 Å². The van der Waals surface area contributed by atoms with Gasteiger partial charge in [-0.05, 0) is 39.7 Å². The number of halogens is 2. The molecule has 3 N–H and O–H groups in total. The standard InChI is InChI=1S/C21H24ClFN6O2/c1-20(2,31)17(23)10-26-19(30)14-8-24-15(6-16(14)28-21(3)4-5-21)13-9-27-29-11-12(22)7-25-18(13)29/h6-9,11,17,31H,4-5,10H2,1-3H3,(H,24,28)(H,26,30). The smallest absolute Gasteiger partial charge is 0.255 e. The topological polar surface area (TPSA) is 104 Å². The van der Waals surface area contributed by atoms with Crippen LogP contribution in [0.3, 0.4) is 0 Å². The van der Waals surface area contributed by atoms with Gasteiger partial charge in [0.1, 0.15) is 6.17 Å². The predicted molar refractivity (Wildman–Crippen MR) is 116 cm³/mol. The van der Waals surface area contributed by atoms with Crippen LogP contribution >= 0.6 is 11.6 Å². The number of alkyl halides is 1. The highest BCUT2D eigenvalue weighted by molar-refractivity contribution is 6.30. The summed E-state index contributed by atoms with van der Waals surface area (Å²) < 4.78 is 15.6. The van der Waals surface area contributed by atoms with Crippen LogP contribution in [0.5, 0.6) is 0 Å². The number of aliphatic hydroxyl groups is 1. The van der Waals surface area contributed by atoms with E-state index in [4.69, 9.17) is 11.6 Å². The Bertz CT molecular complexity index is 1140. The van der Waals surface area contributed by atoms with Gasteiger partial charge in [0.25, 0.3) is 5.91 Å². The maximum atomic E-state index is 14.1. The van der Waals surface area contributed by atoms with Crippen molar-refractivity contribution < 1.29 is 14.3 Å². The zero-order valence-electron chi connectivity index (χ0n) is 17.5. The fourth-order valence-corrected chi connectivity index (χ4v) is 3.23. The Hall–Kier alpha value is -2.78. The third kappa shape index (κ3) is 4.62. The van der Waals surface area contributed by atoms with E-state index in [2.05, 4.69) is 32.6 Å². The highest BCUT2D eigenvalue weighted by Crippen LogP contribution is 2.39. The molecule has 4 rings (SSSR count). The molecule has 3 aromatic heterocycles. The number of carbonyl (C=O) groups excluding carboxylic acids is 1. The van der Waals surface area contributed by atoms with Gasteiger partial charge in [-0.2, -0.15) is 5.10 Å². The lowest BCUT2D eigenvalue weighted by atomic mass is 10.0. The largest absolute Gasteiger partial charge is 0.387 e. The third-order valence-corrected chi connectivity index (χ3v) is 5.59. The molecule has 1 atom stereocenters. The summed E-state index contributed by atoms with van der Waals surface area (Å²) in [4.78, 5) is 21.5. The molecule has 0 aromatic carbocycles. The number of hydrogen-bond acceptors (Lipinski definition) is 6. The second-order valence-corrected chi connectivity index (χ2v) is 9.17. The van der Waals surface area contributed by atoms with Crippen molar-refractivity contribution in [3.8, 4) is 11.3 Å². The first-order valence-corrected chi connectivity index (χ1v) is 10.4. The van der Waals surface area contributed by atoms with Crippen LogP contribution in [-0.2, 0) is 0 Å². The molecule has 0 radical (unpaired) electrons. The van der Waals surface area contributed by atoms with Gasteiger partial charge in [0.15, 0.2) is 5.65 Å². The summed E-state index contributed by atoms with van der Waals surface area (Å²) in [5.74, 6) is -0.470. The molecule has 1 aliphatic rings. The van der Waals surface area contributed by atoms with E-state index in [-0.39, 0.29) is 12.1 Å². The monoisotopic (exact) mass is 446 g/mol. The molecule has 31 heavy (non-hydrogen) atoms. The first-order chi connectivity index (χ1) is 14.6. The lowest BCUT2D eigenvalue weighted by Crippen LogP contribution is -2.42. The molecule has 0 aliphatic heterocycles. The molecule has 10 heteroatoms. The van der Waals surface area contributed by atoms with E-state index in [1.54, 1.807) is 23.0 Å². The van der Waals surface area contributed by atoms with Gasteiger partial charge in [0.05, 0.1) is 52.1 Å². The molecule has 1 fully saturated rings. The van der Waals surface area contributed by atoms with Crippen LogP contribution in [0.15, 0.2) is 30.9 Å². The molecule has 0 bridgehead atoms. The van der Waals surface area contributed by atoms with Crippen molar-refractivity contribution in [2.24, 2.45) is 0 Å². The maximum Gasteiger partial charge on any atom is 0.255 e. The van der Waals surface area contributed by atoms with Crippen molar-refractivity contribution in [1.29, 1.82) is 0 Å². The van der Waals surface area contributed by atoms with E-state index in [9.17, 15) is 14.3 Å². The third-order valence-electron chi connectivity index (χ3n) is 5.39. The van der Waals surface area contributed by atoms with Crippen LogP contribution in [-0.4, -0.2) is 54.5 Å². The Balaban J connectivity index is 1.65. The fraction of sp³-hybridized carbons (Fsp3) is 0.429. The lowest BCUT2D eigenvalue weighted by Gasteiger charge is -2.23. The van der Waals surface area contributed by atoms with Crippen LogP contribution < -0.4 is 10.6 Å². The summed E-state index contributed by atoms with van der Waals surface area (Å²) in [6.45, 7) is 4.48. The second kappa shape index (κ2) is 7.72. The number of carbonyl (C=O) groups is 1. The number of aromatic nitrogens is 4. The number of rotatable bonds is 7. The Morgan fingerprint density at radius 1 is 1.35 bits per heavy atom. The Kier molecular flexibility index (Phi) is 5.35. The number of fused-ring (bicyclic) bond motifs is 1. The average Bonchev–Trinajstić information content (AvgIpc) is 3.28. The number of pyridine rings is 1. The number of hydrogen-bond donors (Lipinski definition) is 3. The van der Waals surface area contributed by atoms with Crippen LogP contribution in [0.25, 0.3) is 16.9 Å². The van der Waals surface area contributed by atoms with Gasteiger partial charge in [-0.3, -0.25) is 9.78 Å². The number of amides is 1. The quantitative estimate of drug-likeness (QED) is 0.514. The van der Waals surface area contributed by atoms with Gasteiger partial charge < -0.3 is 15.7 Å². The molecule has 164 valence electrons. The van der Waals surface area contributed by atoms with Crippen molar-refractivity contribution in [3.05, 3.63) is 41.4 Å². The zero-order valence-corrected chi connectivity index (χ0v) is 18.2. The van der Waals surface area contributed by atoms with Gasteiger partial charge in [0.2, 0.25) is 0 Å². The summed E-state index contributed by atoms with van der Waals surface area (Å²) in [6, 6.07) is 1.77. The van der Waals surface area contributed by atoms with Gasteiger partial charge in [-0.1, -0.05) is 11.6 Å². The zero-order chi connectivity index (χ0) is 22.4. The molecule has 1 amide bonds. The second-order valence-electron chi connectivity index (χ2n) is 8.73. The Morgan fingerprint density at radius 3 is 2.77 bits per heavy atom. The molecule has 0 saturated heterocycles. The molecular weight excluding hydrogens is 423 g/mol. The molecule has 1 saturated carbocycles. The highest BCUT2D eigenvalue weighted by atomic mass is 35.5. The van der Waals surface area contributed by atoms with Gasteiger partial charge >= 0.3 is 0 Å². The summed E-state index contributed by atoms with van der Waals surface area (Å²) in [7, 11) is 0. The molecule has 3 aromatic rings. The molecule has 1 unspecified atom stereocenters. The fourth-order valence-electron chi connectivity index (χ4n) is 3.08. The first-order valence-electron chi connectivity index (χ1n) is 9.98. The maximum absolute atomic E-state index is 14.1. The van der Waals surface area contributed by atoms with E-state index in [1.165, 1.54) is 26.2 Å². The minimum absolute atomic E-state index is 0.101. The van der Waals surface area contributed by atoms with E-state index in [0.29, 0.717) is 33.2 Å². The van der Waals surface area contributed by atoms with E-state index >= 15 is 0 Å². The Labute approximate surface area is 183 Å². The summed E-state index contributed by atoms with van der Waals surface area (Å²) in [5, 5.41) is 20.4. The van der Waals surface area contributed by atoms with Crippen LogP contribution in [0, 0.1) is 0 Å². The minimum Gasteiger partial charge on any atom is -0.387 e. The van der Waals surface area contributed by atoms with Gasteiger partial charge in [-0.25, -0.2) is 13.9 Å². The van der Waals surface area contributed by atoms with Gasteiger partial charge in [0, 0.05) is 17.9 Å². The Morgan fingerprint density at radius 2 is 2.10 bits per heavy atom. The van der Waals surface area contributed by atoms with Gasteiger partial charge in [-0.15, -0.1) is 0 Å². The van der Waals surface area contributed by atoms with Crippen molar-refractivity contribution in [2.75, 3.05) is 11.9 Å². The molecule has 1 aliphatic carbocycles. The van der Waals surface area contributed by atoms with Crippen molar-refractivity contribution in [3.63, 3.8) is 0 Å². The predicted octanol–water partition coefficient (Wildman–Crippen LogP) is 3.25. The number of anilines is 1. The lowest BCUT2D eigenvalue weighted by molar-refractivity contribution is -0.00177.